The van der Waals surface area contributed by atoms with Crippen LogP contribution in [0.3, 0.4) is 0 Å². The van der Waals surface area contributed by atoms with E-state index in [-0.39, 0.29) is 17.0 Å². The summed E-state index contributed by atoms with van der Waals surface area (Å²) in [5.74, 6) is -0.308. The number of amides is 1. The summed E-state index contributed by atoms with van der Waals surface area (Å²) >= 11 is 3.19. The van der Waals surface area contributed by atoms with Crippen molar-refractivity contribution in [2.24, 2.45) is 0 Å². The number of non-ortho nitro benzene ring substituents is 1. The van der Waals surface area contributed by atoms with Gasteiger partial charge >= 0.3 is 0 Å². The summed E-state index contributed by atoms with van der Waals surface area (Å²) in [4.78, 5) is 26.3. The number of aromatic nitrogens is 1. The Labute approximate surface area is 128 Å². The minimum atomic E-state index is -0.553. The number of nitro benzene ring substituents is 1. The zero-order valence-electron chi connectivity index (χ0n) is 10.9. The fraction of sp³-hybridized carbons (Fsp3) is 0.0769. The largest absolute Gasteiger partial charge is 0.496 e. The lowest BCUT2D eigenvalue weighted by Crippen LogP contribution is -2.13. The Hall–Kier alpha value is -2.48. The van der Waals surface area contributed by atoms with Gasteiger partial charge in [-0.3, -0.25) is 14.9 Å². The molecule has 1 aromatic heterocycles. The van der Waals surface area contributed by atoms with Crippen LogP contribution in [0, 0.1) is 10.1 Å². The van der Waals surface area contributed by atoms with Crippen LogP contribution in [0.4, 0.5) is 11.4 Å². The zero-order chi connectivity index (χ0) is 15.4. The van der Waals surface area contributed by atoms with E-state index in [0.717, 1.165) is 0 Å². The maximum atomic E-state index is 12.2. The summed E-state index contributed by atoms with van der Waals surface area (Å²) in [5, 5.41) is 13.3. The third-order valence-corrected chi connectivity index (χ3v) is 3.09. The lowest BCUT2D eigenvalue weighted by atomic mass is 10.1. The van der Waals surface area contributed by atoms with E-state index in [0.29, 0.717) is 10.3 Å². The Morgan fingerprint density at radius 1 is 1.38 bits per heavy atom. The van der Waals surface area contributed by atoms with Gasteiger partial charge in [0.25, 0.3) is 11.6 Å². The van der Waals surface area contributed by atoms with Gasteiger partial charge in [-0.15, -0.1) is 0 Å². The maximum absolute atomic E-state index is 12.2. The molecule has 1 amide bonds. The molecular weight excluding hydrogens is 342 g/mol. The Morgan fingerprint density at radius 3 is 2.71 bits per heavy atom. The third kappa shape index (κ3) is 3.54. The van der Waals surface area contributed by atoms with Crippen LogP contribution in [0.2, 0.25) is 0 Å². The third-order valence-electron chi connectivity index (χ3n) is 2.63. The number of hydrogen-bond donors (Lipinski definition) is 1. The summed E-state index contributed by atoms with van der Waals surface area (Å²) in [6, 6.07) is 7.15. The average molecular weight is 352 g/mol. The van der Waals surface area contributed by atoms with Crippen molar-refractivity contribution < 1.29 is 14.5 Å². The lowest BCUT2D eigenvalue weighted by Gasteiger charge is -2.09. The molecule has 8 heteroatoms. The van der Waals surface area contributed by atoms with Gasteiger partial charge in [0.15, 0.2) is 0 Å². The van der Waals surface area contributed by atoms with Gasteiger partial charge in [0.2, 0.25) is 0 Å². The first-order valence-corrected chi connectivity index (χ1v) is 6.56. The Balaban J connectivity index is 2.26. The lowest BCUT2D eigenvalue weighted by molar-refractivity contribution is -0.384. The van der Waals surface area contributed by atoms with Crippen molar-refractivity contribution in [3.8, 4) is 5.75 Å². The summed E-state index contributed by atoms with van der Waals surface area (Å²) in [6.45, 7) is 0. The molecule has 1 N–H and O–H groups in total. The molecule has 0 saturated carbocycles. The molecule has 0 atom stereocenters. The second kappa shape index (κ2) is 6.31. The van der Waals surface area contributed by atoms with Crippen LogP contribution in [0.15, 0.2) is 41.1 Å². The fourth-order valence-electron chi connectivity index (χ4n) is 1.63. The quantitative estimate of drug-likeness (QED) is 0.519. The molecule has 108 valence electrons. The molecule has 0 unspecified atom stereocenters. The Morgan fingerprint density at radius 2 is 2.14 bits per heavy atom. The molecule has 2 rings (SSSR count). The minimum absolute atomic E-state index is 0.131. The highest BCUT2D eigenvalue weighted by molar-refractivity contribution is 9.10. The van der Waals surface area contributed by atoms with Crippen molar-refractivity contribution >= 4 is 33.2 Å². The molecule has 21 heavy (non-hydrogen) atoms. The number of anilines is 1. The SMILES string of the molecule is COc1cc([N+](=O)[O-])ccc1C(=O)Nc1ccc(Br)nc1. The van der Waals surface area contributed by atoms with Crippen LogP contribution >= 0.6 is 15.9 Å². The molecule has 0 fully saturated rings. The molecule has 0 bridgehead atoms. The number of nitrogens with one attached hydrogen (secondary N) is 1. The van der Waals surface area contributed by atoms with Crippen molar-refractivity contribution in [1.82, 2.24) is 4.98 Å². The van der Waals surface area contributed by atoms with E-state index < -0.39 is 10.8 Å². The predicted molar refractivity (Wildman–Crippen MR) is 79.5 cm³/mol. The molecule has 2 aromatic rings. The minimum Gasteiger partial charge on any atom is -0.496 e. The molecular formula is C13H10BrN3O4. The van der Waals surface area contributed by atoms with E-state index in [1.165, 1.54) is 31.5 Å². The van der Waals surface area contributed by atoms with Crippen LogP contribution in [0.25, 0.3) is 0 Å². The summed E-state index contributed by atoms with van der Waals surface area (Å²) < 4.78 is 5.67. The van der Waals surface area contributed by atoms with Gasteiger partial charge in [-0.05, 0) is 34.1 Å². The van der Waals surface area contributed by atoms with Crippen molar-refractivity contribution in [3.05, 3.63) is 56.8 Å². The standard InChI is InChI=1S/C13H10BrN3O4/c1-21-11-6-9(17(19)20)3-4-10(11)13(18)16-8-2-5-12(14)15-7-8/h2-7H,1H3,(H,16,18). The first-order valence-electron chi connectivity index (χ1n) is 5.76. The summed E-state index contributed by atoms with van der Waals surface area (Å²) in [7, 11) is 1.34. The molecule has 0 saturated heterocycles. The number of methoxy groups -OCH3 is 1. The second-order valence-electron chi connectivity index (χ2n) is 3.97. The first kappa shape index (κ1) is 14.9. The van der Waals surface area contributed by atoms with Crippen LogP contribution < -0.4 is 10.1 Å². The highest BCUT2D eigenvalue weighted by atomic mass is 79.9. The predicted octanol–water partition coefficient (Wildman–Crippen LogP) is 3.01. The highest BCUT2D eigenvalue weighted by Crippen LogP contribution is 2.25. The number of carbonyl (C=O) groups is 1. The van der Waals surface area contributed by atoms with Gasteiger partial charge < -0.3 is 10.1 Å². The number of ether oxygens (including phenoxy) is 1. The van der Waals surface area contributed by atoms with Gasteiger partial charge in [-0.1, -0.05) is 0 Å². The molecule has 7 nitrogen and oxygen atoms in total. The number of nitro groups is 1. The van der Waals surface area contributed by atoms with E-state index in [1.807, 2.05) is 0 Å². The van der Waals surface area contributed by atoms with Gasteiger partial charge in [-0.25, -0.2) is 4.98 Å². The number of hydrogen-bond acceptors (Lipinski definition) is 5. The van der Waals surface area contributed by atoms with Crippen molar-refractivity contribution in [3.63, 3.8) is 0 Å². The number of carbonyl (C=O) groups excluding carboxylic acids is 1. The highest BCUT2D eigenvalue weighted by Gasteiger charge is 2.17. The Bertz CT molecular complexity index is 688. The number of rotatable bonds is 4. The van der Waals surface area contributed by atoms with E-state index in [9.17, 15) is 14.9 Å². The van der Waals surface area contributed by atoms with Crippen molar-refractivity contribution in [2.45, 2.75) is 0 Å². The van der Waals surface area contributed by atoms with Gasteiger partial charge in [0.05, 0.1) is 35.5 Å². The normalized spacial score (nSPS) is 10.0. The van der Waals surface area contributed by atoms with Crippen LogP contribution in [-0.2, 0) is 0 Å². The maximum Gasteiger partial charge on any atom is 0.273 e. The average Bonchev–Trinajstić information content (AvgIpc) is 2.48. The van der Waals surface area contributed by atoms with Crippen LogP contribution in [-0.4, -0.2) is 22.9 Å². The molecule has 0 radical (unpaired) electrons. The molecule has 0 aliphatic heterocycles. The van der Waals surface area contributed by atoms with Gasteiger partial charge in [-0.2, -0.15) is 0 Å². The molecule has 0 aliphatic rings. The number of benzene rings is 1. The van der Waals surface area contributed by atoms with Crippen molar-refractivity contribution in [2.75, 3.05) is 12.4 Å². The number of nitrogens with zero attached hydrogens (tertiary/aromatic N) is 2. The first-order chi connectivity index (χ1) is 10.0. The van der Waals surface area contributed by atoms with Crippen LogP contribution in [0.1, 0.15) is 10.4 Å². The van der Waals surface area contributed by atoms with E-state index in [2.05, 4.69) is 26.2 Å². The van der Waals surface area contributed by atoms with Crippen molar-refractivity contribution in [1.29, 1.82) is 0 Å². The van der Waals surface area contributed by atoms with E-state index in [1.54, 1.807) is 12.1 Å². The topological polar surface area (TPSA) is 94.4 Å². The second-order valence-corrected chi connectivity index (χ2v) is 4.78. The fourth-order valence-corrected chi connectivity index (χ4v) is 1.86. The smallest absolute Gasteiger partial charge is 0.273 e. The monoisotopic (exact) mass is 351 g/mol. The van der Waals surface area contributed by atoms with E-state index in [4.69, 9.17) is 4.74 Å². The van der Waals surface area contributed by atoms with Crippen LogP contribution in [0.5, 0.6) is 5.75 Å². The van der Waals surface area contributed by atoms with Gasteiger partial charge in [0.1, 0.15) is 10.4 Å². The molecule has 0 aliphatic carbocycles. The van der Waals surface area contributed by atoms with E-state index >= 15 is 0 Å². The molecule has 0 spiro atoms. The van der Waals surface area contributed by atoms with Gasteiger partial charge in [0, 0.05) is 6.07 Å². The number of halogens is 1. The Kier molecular flexibility index (Phi) is 4.49. The zero-order valence-corrected chi connectivity index (χ0v) is 12.5. The number of pyridine rings is 1. The summed E-state index contributed by atoms with van der Waals surface area (Å²) in [6.07, 6.45) is 1.49. The molecule has 1 heterocycles. The molecule has 1 aromatic carbocycles. The summed E-state index contributed by atoms with van der Waals surface area (Å²) in [5.41, 5.74) is 0.559.